The average molecular weight is 1030 g/mol. The monoisotopic (exact) mass is 1030 g/mol. The van der Waals surface area contributed by atoms with Gasteiger partial charge in [-0.2, -0.15) is 0 Å². The number of hydrogen-bond donors (Lipinski definition) is 4. The Balaban J connectivity index is 0.000000128. The summed E-state index contributed by atoms with van der Waals surface area (Å²) in [7, 11) is 1.67. The van der Waals surface area contributed by atoms with E-state index >= 15 is 0 Å². The lowest BCUT2D eigenvalue weighted by Crippen LogP contribution is -2.00. The Kier molecular flexibility index (Phi) is 18.9. The summed E-state index contributed by atoms with van der Waals surface area (Å²) in [6.45, 7) is 8.24. The van der Waals surface area contributed by atoms with Gasteiger partial charge in [-0.15, -0.1) is 0 Å². The van der Waals surface area contributed by atoms with Gasteiger partial charge in [0.15, 0.2) is 0 Å². The van der Waals surface area contributed by atoms with Gasteiger partial charge >= 0.3 is 0 Å². The van der Waals surface area contributed by atoms with Crippen LogP contribution in [-0.2, 0) is 0 Å². The Bertz CT molecular complexity index is 3810. The van der Waals surface area contributed by atoms with E-state index < -0.39 is 0 Å². The molecule has 0 bridgehead atoms. The van der Waals surface area contributed by atoms with Gasteiger partial charge in [0.1, 0.15) is 11.6 Å². The van der Waals surface area contributed by atoms with Gasteiger partial charge in [-0.3, -0.25) is 0 Å². The highest BCUT2D eigenvalue weighted by Gasteiger charge is 2.04. The molecular formula is C73H67N5O. The molecular weight excluding hydrogens is 963 g/mol. The molecule has 0 aromatic heterocycles. The topological polar surface area (TPSA) is 69.7 Å². The standard InChI is InChI=1S/C22H17N.C19H21N.C17H15NO.C15H14N2/c1-2-6-17(7-3-1)19-10-13-21(14-11-19)23-22-15-12-18-8-4-5-9-20(18)16-22;1-4-16-7-5-6-8-18(16)13-14-20-19-11-9-17(10-12-19)15(2)3;1-19-17-10-8-15(9-11-17)18-16-7-6-13-4-2-3-5-14(13)12-16;1-2-6-13-11-14(9-8-12(13)5-1)17-15-7-3-4-10-16-15/h1-16,23H;4-15,20H,1H2,2-3H3;2-12,18H,1H3;1-2,5-11,17H,3-4H2/b;14-13+;;. The van der Waals surface area contributed by atoms with Crippen LogP contribution in [0.2, 0.25) is 0 Å². The van der Waals surface area contributed by atoms with E-state index in [0.717, 1.165) is 69.7 Å². The highest BCUT2D eigenvalue weighted by Crippen LogP contribution is 2.28. The van der Waals surface area contributed by atoms with E-state index in [0.29, 0.717) is 5.92 Å². The molecule has 0 fully saturated rings. The third-order valence-corrected chi connectivity index (χ3v) is 13.4. The zero-order valence-corrected chi connectivity index (χ0v) is 45.2. The van der Waals surface area contributed by atoms with Crippen LogP contribution in [0.3, 0.4) is 0 Å². The lowest BCUT2D eigenvalue weighted by molar-refractivity contribution is 0.415. The first-order valence-electron chi connectivity index (χ1n) is 26.9. The van der Waals surface area contributed by atoms with E-state index in [9.17, 15) is 0 Å². The zero-order chi connectivity index (χ0) is 54.4. The number of anilines is 6. The second kappa shape index (κ2) is 27.8. The van der Waals surface area contributed by atoms with Crippen molar-refractivity contribution in [1.29, 1.82) is 0 Å². The molecule has 0 saturated heterocycles. The van der Waals surface area contributed by atoms with Gasteiger partial charge in [0, 0.05) is 46.5 Å². The van der Waals surface area contributed by atoms with Crippen LogP contribution in [0.15, 0.2) is 284 Å². The van der Waals surface area contributed by atoms with Crippen molar-refractivity contribution in [3.8, 4) is 16.9 Å². The maximum Gasteiger partial charge on any atom is 0.125 e. The molecule has 11 aromatic rings. The molecule has 0 atom stereocenters. The largest absolute Gasteiger partial charge is 0.497 e. The molecule has 6 nitrogen and oxygen atoms in total. The normalized spacial score (nSPS) is 11.5. The second-order valence-electron chi connectivity index (χ2n) is 19.3. The zero-order valence-electron chi connectivity index (χ0n) is 45.2. The first-order valence-corrected chi connectivity index (χ1v) is 26.9. The molecule has 0 saturated carbocycles. The van der Waals surface area contributed by atoms with Crippen molar-refractivity contribution in [3.05, 3.63) is 296 Å². The van der Waals surface area contributed by atoms with Crippen molar-refractivity contribution in [3.63, 3.8) is 0 Å². The van der Waals surface area contributed by atoms with Crippen molar-refractivity contribution < 1.29 is 4.74 Å². The van der Waals surface area contributed by atoms with E-state index in [1.807, 2.05) is 61.0 Å². The molecule has 0 amide bonds. The number of nitrogens with one attached hydrogen (secondary N) is 4. The van der Waals surface area contributed by atoms with Crippen molar-refractivity contribution in [1.82, 2.24) is 0 Å². The third-order valence-electron chi connectivity index (χ3n) is 13.4. The fourth-order valence-electron chi connectivity index (χ4n) is 8.97. The van der Waals surface area contributed by atoms with Crippen molar-refractivity contribution >= 4 is 84.8 Å². The molecule has 6 heteroatoms. The molecule has 390 valence electrons. The molecule has 0 radical (unpaired) electrons. The van der Waals surface area contributed by atoms with E-state index in [1.165, 1.54) is 49.0 Å². The number of hydrogen-bond acceptors (Lipinski definition) is 6. The van der Waals surface area contributed by atoms with Gasteiger partial charge < -0.3 is 26.0 Å². The van der Waals surface area contributed by atoms with Crippen LogP contribution in [0.25, 0.3) is 55.6 Å². The fourth-order valence-corrected chi connectivity index (χ4v) is 8.97. The highest BCUT2D eigenvalue weighted by molar-refractivity contribution is 5.88. The Morgan fingerprint density at radius 2 is 0.873 bits per heavy atom. The number of benzene rings is 11. The Morgan fingerprint density at radius 1 is 0.430 bits per heavy atom. The molecule has 1 aliphatic rings. The quantitative estimate of drug-likeness (QED) is 0.0926. The molecule has 79 heavy (non-hydrogen) atoms. The summed E-state index contributed by atoms with van der Waals surface area (Å²) < 4.78 is 5.15. The molecule has 0 unspecified atom stereocenters. The third kappa shape index (κ3) is 15.8. The molecule has 1 aliphatic heterocycles. The molecule has 1 heterocycles. The number of methoxy groups -OCH3 is 1. The number of nitrogens with zero attached hydrogens (tertiary/aromatic N) is 1. The Hall–Kier alpha value is -9.91. The summed E-state index contributed by atoms with van der Waals surface area (Å²) in [5, 5.41) is 21.0. The van der Waals surface area contributed by atoms with Crippen LogP contribution in [0.5, 0.6) is 5.75 Å². The van der Waals surface area contributed by atoms with Crippen LogP contribution in [0, 0.1) is 0 Å². The maximum atomic E-state index is 5.15. The smallest absolute Gasteiger partial charge is 0.125 e. The number of fused-ring (bicyclic) bond motifs is 3. The van der Waals surface area contributed by atoms with Gasteiger partial charge in [-0.05, 0) is 176 Å². The van der Waals surface area contributed by atoms with Crippen LogP contribution < -0.4 is 26.0 Å². The first-order chi connectivity index (χ1) is 38.8. The second-order valence-corrected chi connectivity index (χ2v) is 19.3. The average Bonchev–Trinajstić information content (AvgIpc) is 3.51. The summed E-state index contributed by atoms with van der Waals surface area (Å²) in [5.74, 6) is 2.38. The first kappa shape index (κ1) is 53.9. The number of allylic oxidation sites excluding steroid dienone is 1. The van der Waals surface area contributed by atoms with E-state index in [2.05, 4.69) is 271 Å². The molecule has 0 aliphatic carbocycles. The minimum atomic E-state index is 0.569. The van der Waals surface area contributed by atoms with Gasteiger partial charge in [-0.25, -0.2) is 4.99 Å². The van der Waals surface area contributed by atoms with E-state index in [-0.39, 0.29) is 0 Å². The van der Waals surface area contributed by atoms with Gasteiger partial charge in [0.25, 0.3) is 0 Å². The summed E-state index contributed by atoms with van der Waals surface area (Å²) in [5.41, 5.74) is 12.7. The maximum absolute atomic E-state index is 5.15. The van der Waals surface area contributed by atoms with Crippen molar-refractivity contribution in [2.75, 3.05) is 28.4 Å². The van der Waals surface area contributed by atoms with Crippen LogP contribution in [0.4, 0.5) is 34.1 Å². The summed E-state index contributed by atoms with van der Waals surface area (Å²) in [6, 6.07) is 87.9. The lowest BCUT2D eigenvalue weighted by Gasteiger charge is -2.10. The number of rotatable bonds is 13. The van der Waals surface area contributed by atoms with Gasteiger partial charge in [-0.1, -0.05) is 196 Å². The van der Waals surface area contributed by atoms with Gasteiger partial charge in [0.05, 0.1) is 7.11 Å². The molecule has 4 N–H and O–H groups in total. The highest BCUT2D eigenvalue weighted by atomic mass is 16.5. The minimum Gasteiger partial charge on any atom is -0.497 e. The SMILES string of the molecule is C1=NC(Nc2ccc3ccccc3c2)=CCC1.C=Cc1ccccc1/C=C/Nc1ccc(C(C)C)cc1.COc1ccc(Nc2ccc3ccccc3c2)cc1.c1ccc(-c2ccc(Nc3ccc4ccccc4c3)cc2)cc1. The predicted octanol–water partition coefficient (Wildman–Crippen LogP) is 20.3. The molecule has 12 rings (SSSR count). The minimum absolute atomic E-state index is 0.569. The van der Waals surface area contributed by atoms with Crippen LogP contribution in [0.1, 0.15) is 49.3 Å². The van der Waals surface area contributed by atoms with Crippen LogP contribution in [-0.4, -0.2) is 13.3 Å². The van der Waals surface area contributed by atoms with E-state index in [4.69, 9.17) is 4.74 Å². The summed E-state index contributed by atoms with van der Waals surface area (Å²) >= 11 is 0. The predicted molar refractivity (Wildman–Crippen MR) is 342 cm³/mol. The molecule has 11 aromatic carbocycles. The number of aliphatic imine (C=N–C) groups is 1. The fraction of sp³-hybridized carbons (Fsp3) is 0.0822. The summed E-state index contributed by atoms with van der Waals surface area (Å²) in [6.07, 6.45) is 12.1. The van der Waals surface area contributed by atoms with Gasteiger partial charge in [0.2, 0.25) is 0 Å². The Morgan fingerprint density at radius 3 is 1.37 bits per heavy atom. The number of ether oxygens (including phenoxy) is 1. The van der Waals surface area contributed by atoms with E-state index in [1.54, 1.807) is 7.11 Å². The van der Waals surface area contributed by atoms with Crippen molar-refractivity contribution in [2.24, 2.45) is 4.99 Å². The molecule has 0 spiro atoms. The Labute approximate surface area is 466 Å². The summed E-state index contributed by atoms with van der Waals surface area (Å²) in [4.78, 5) is 4.33. The lowest BCUT2D eigenvalue weighted by atomic mass is 10.0. The van der Waals surface area contributed by atoms with Crippen molar-refractivity contribution in [2.45, 2.75) is 32.6 Å². The van der Waals surface area contributed by atoms with Crippen LogP contribution >= 0.6 is 0 Å².